The number of H-pyrrole nitrogens is 1. The Labute approximate surface area is 111 Å². The molecule has 0 fully saturated rings. The molecule has 0 spiro atoms. The summed E-state index contributed by atoms with van der Waals surface area (Å²) in [7, 11) is 0. The molecule has 0 amide bonds. The third-order valence-corrected chi connectivity index (χ3v) is 2.82. The minimum absolute atomic E-state index is 0.716. The van der Waals surface area contributed by atoms with E-state index >= 15 is 0 Å². The first kappa shape index (κ1) is 11.4. The van der Waals surface area contributed by atoms with Gasteiger partial charge in [0.2, 0.25) is 0 Å². The Morgan fingerprint density at radius 1 is 0.947 bits per heavy atom. The molecule has 2 aromatic carbocycles. The van der Waals surface area contributed by atoms with E-state index in [1.54, 1.807) is 6.21 Å². The maximum absolute atomic E-state index is 4.36. The van der Waals surface area contributed by atoms with Crippen LogP contribution < -0.4 is 0 Å². The second-order valence-corrected chi connectivity index (χ2v) is 4.14. The maximum Gasteiger partial charge on any atom is 0.181 e. The van der Waals surface area contributed by atoms with E-state index in [-0.39, 0.29) is 0 Å². The van der Waals surface area contributed by atoms with Gasteiger partial charge in [0.25, 0.3) is 0 Å². The van der Waals surface area contributed by atoms with Crippen molar-refractivity contribution < 1.29 is 0 Å². The molecule has 0 aliphatic heterocycles. The number of rotatable bonds is 3. The fourth-order valence-electron chi connectivity index (χ4n) is 1.88. The van der Waals surface area contributed by atoms with E-state index in [4.69, 9.17) is 0 Å². The lowest BCUT2D eigenvalue weighted by Crippen LogP contribution is -1.70. The Morgan fingerprint density at radius 2 is 1.74 bits per heavy atom. The molecule has 0 aliphatic carbocycles. The van der Waals surface area contributed by atoms with Gasteiger partial charge in [0, 0.05) is 11.6 Å². The Hall–Kier alpha value is -2.68. The molecular weight excluding hydrogens is 234 g/mol. The minimum atomic E-state index is 0.716. The molecule has 3 heteroatoms. The van der Waals surface area contributed by atoms with Crippen LogP contribution in [0, 0.1) is 0 Å². The highest BCUT2D eigenvalue weighted by molar-refractivity contribution is 5.91. The van der Waals surface area contributed by atoms with E-state index in [0.717, 1.165) is 16.5 Å². The monoisotopic (exact) mass is 247 g/mol. The van der Waals surface area contributed by atoms with Crippen molar-refractivity contribution >= 4 is 29.0 Å². The fourth-order valence-corrected chi connectivity index (χ4v) is 1.88. The number of fused-ring (bicyclic) bond motifs is 1. The van der Waals surface area contributed by atoms with Gasteiger partial charge in [0.1, 0.15) is 0 Å². The Morgan fingerprint density at radius 3 is 2.63 bits per heavy atom. The Balaban J connectivity index is 1.78. The van der Waals surface area contributed by atoms with Gasteiger partial charge in [-0.3, -0.25) is 5.10 Å². The summed E-state index contributed by atoms with van der Waals surface area (Å²) in [6.07, 6.45) is 5.69. The number of nitrogens with zero attached hydrogens (tertiary/aromatic N) is 2. The molecule has 19 heavy (non-hydrogen) atoms. The summed E-state index contributed by atoms with van der Waals surface area (Å²) in [6, 6.07) is 18.1. The molecular formula is C16H13N3. The largest absolute Gasteiger partial charge is 0.276 e. The molecule has 1 N–H and O–H groups in total. The van der Waals surface area contributed by atoms with Gasteiger partial charge in [0.05, 0.1) is 5.52 Å². The minimum Gasteiger partial charge on any atom is -0.276 e. The Kier molecular flexibility index (Phi) is 3.19. The topological polar surface area (TPSA) is 41.0 Å². The highest BCUT2D eigenvalue weighted by Gasteiger charge is 2.00. The fraction of sp³-hybridized carbons (Fsp3) is 0. The third kappa shape index (κ3) is 2.60. The summed E-state index contributed by atoms with van der Waals surface area (Å²) in [5.41, 5.74) is 2.16. The van der Waals surface area contributed by atoms with Gasteiger partial charge in [-0.05, 0) is 23.8 Å². The molecule has 0 atom stereocenters. The second kappa shape index (κ2) is 5.31. The first-order chi connectivity index (χ1) is 9.43. The van der Waals surface area contributed by atoms with Gasteiger partial charge >= 0.3 is 0 Å². The molecule has 0 radical (unpaired) electrons. The van der Waals surface area contributed by atoms with Crippen LogP contribution in [0.25, 0.3) is 17.0 Å². The number of aromatic nitrogens is 2. The molecule has 92 valence electrons. The van der Waals surface area contributed by atoms with Crippen molar-refractivity contribution in [3.05, 3.63) is 66.2 Å². The zero-order chi connectivity index (χ0) is 12.9. The summed E-state index contributed by atoms with van der Waals surface area (Å²) in [6.45, 7) is 0. The number of aromatic amines is 1. The van der Waals surface area contributed by atoms with E-state index in [9.17, 15) is 0 Å². The van der Waals surface area contributed by atoms with Gasteiger partial charge in [-0.15, -0.1) is 0 Å². The summed E-state index contributed by atoms with van der Waals surface area (Å²) in [5.74, 6) is 0.716. The van der Waals surface area contributed by atoms with E-state index in [1.165, 1.54) is 0 Å². The van der Waals surface area contributed by atoms with Crippen LogP contribution in [0.2, 0.25) is 0 Å². The van der Waals surface area contributed by atoms with E-state index in [2.05, 4.69) is 15.2 Å². The average molecular weight is 247 g/mol. The van der Waals surface area contributed by atoms with Crippen molar-refractivity contribution in [3.63, 3.8) is 0 Å². The summed E-state index contributed by atoms with van der Waals surface area (Å²) in [5, 5.41) is 8.18. The molecule has 0 unspecified atom stereocenters. The van der Waals surface area contributed by atoms with Crippen molar-refractivity contribution in [2.45, 2.75) is 0 Å². The number of para-hydroxylation sites is 1. The van der Waals surface area contributed by atoms with Gasteiger partial charge < -0.3 is 0 Å². The molecule has 3 aromatic rings. The van der Waals surface area contributed by atoms with Crippen molar-refractivity contribution in [2.24, 2.45) is 4.99 Å². The van der Waals surface area contributed by atoms with Crippen LogP contribution in [0.1, 0.15) is 5.56 Å². The number of hydrogen-bond donors (Lipinski definition) is 1. The summed E-state index contributed by atoms with van der Waals surface area (Å²) in [4.78, 5) is 4.36. The Bertz CT molecular complexity index is 724. The van der Waals surface area contributed by atoms with Crippen LogP contribution in [-0.2, 0) is 0 Å². The second-order valence-electron chi connectivity index (χ2n) is 4.14. The highest BCUT2D eigenvalue weighted by atomic mass is 15.2. The van der Waals surface area contributed by atoms with Gasteiger partial charge in [-0.25, -0.2) is 4.99 Å². The van der Waals surface area contributed by atoms with Crippen molar-refractivity contribution in [1.29, 1.82) is 0 Å². The number of benzene rings is 2. The highest BCUT2D eigenvalue weighted by Crippen LogP contribution is 2.21. The van der Waals surface area contributed by atoms with Crippen LogP contribution in [0.5, 0.6) is 0 Å². The van der Waals surface area contributed by atoms with Crippen LogP contribution >= 0.6 is 0 Å². The average Bonchev–Trinajstić information content (AvgIpc) is 2.88. The molecule has 1 aromatic heterocycles. The quantitative estimate of drug-likeness (QED) is 0.699. The van der Waals surface area contributed by atoms with Crippen LogP contribution in [0.3, 0.4) is 0 Å². The first-order valence-corrected chi connectivity index (χ1v) is 6.12. The van der Waals surface area contributed by atoms with Crippen molar-refractivity contribution in [3.8, 4) is 0 Å². The van der Waals surface area contributed by atoms with Crippen molar-refractivity contribution in [1.82, 2.24) is 10.2 Å². The summed E-state index contributed by atoms with van der Waals surface area (Å²) < 4.78 is 0. The zero-order valence-corrected chi connectivity index (χ0v) is 10.3. The molecule has 0 bridgehead atoms. The number of allylic oxidation sites excluding steroid dienone is 1. The molecule has 0 saturated heterocycles. The van der Waals surface area contributed by atoms with Gasteiger partial charge in [0.15, 0.2) is 5.82 Å². The molecule has 0 saturated carbocycles. The van der Waals surface area contributed by atoms with E-state index in [1.807, 2.05) is 66.7 Å². The van der Waals surface area contributed by atoms with Gasteiger partial charge in [-0.2, -0.15) is 5.10 Å². The van der Waals surface area contributed by atoms with Crippen LogP contribution in [0.4, 0.5) is 5.82 Å². The van der Waals surface area contributed by atoms with Gasteiger partial charge in [-0.1, -0.05) is 48.5 Å². The number of hydrogen-bond acceptors (Lipinski definition) is 2. The van der Waals surface area contributed by atoms with E-state index < -0.39 is 0 Å². The first-order valence-electron chi connectivity index (χ1n) is 6.12. The van der Waals surface area contributed by atoms with E-state index in [0.29, 0.717) is 5.82 Å². The number of nitrogens with one attached hydrogen (secondary N) is 1. The molecule has 3 rings (SSSR count). The maximum atomic E-state index is 4.36. The third-order valence-electron chi connectivity index (χ3n) is 2.82. The number of aliphatic imine (C=N–C) groups is 1. The molecule has 0 aliphatic rings. The zero-order valence-electron chi connectivity index (χ0n) is 10.3. The summed E-state index contributed by atoms with van der Waals surface area (Å²) >= 11 is 0. The SMILES string of the molecule is C(/C=C/c1ccccc1)=Nc1n[nH]c2ccccc12. The van der Waals surface area contributed by atoms with Crippen molar-refractivity contribution in [2.75, 3.05) is 0 Å². The lowest BCUT2D eigenvalue weighted by Gasteiger charge is -1.89. The van der Waals surface area contributed by atoms with Crippen LogP contribution in [-0.4, -0.2) is 16.4 Å². The predicted molar refractivity (Wildman–Crippen MR) is 79.7 cm³/mol. The van der Waals surface area contributed by atoms with Crippen LogP contribution in [0.15, 0.2) is 65.7 Å². The molecule has 1 heterocycles. The smallest absolute Gasteiger partial charge is 0.181 e. The molecule has 3 nitrogen and oxygen atoms in total. The predicted octanol–water partition coefficient (Wildman–Crippen LogP) is 3.98. The normalized spacial score (nSPS) is 11.8. The standard InChI is InChI=1S/C16H13N3/c1-2-7-13(8-3-1)9-6-12-17-16-14-10-4-5-11-15(14)18-19-16/h1-12H,(H,18,19)/b9-6+,17-12?. The lowest BCUT2D eigenvalue weighted by molar-refractivity contribution is 1.11. The lowest BCUT2D eigenvalue weighted by atomic mass is 10.2.